The number of amides is 1. The lowest BCUT2D eigenvalue weighted by molar-refractivity contribution is 0.0950. The Balaban J connectivity index is 2.42. The number of aromatic nitrogens is 1. The molecule has 3 N–H and O–H groups in total. The summed E-state index contributed by atoms with van der Waals surface area (Å²) < 4.78 is 0. The van der Waals surface area contributed by atoms with Crippen LogP contribution < -0.4 is 11.1 Å². The summed E-state index contributed by atoms with van der Waals surface area (Å²) >= 11 is 0. The molecule has 0 bridgehead atoms. The first-order valence-electron chi connectivity index (χ1n) is 6.57. The number of hydrogen-bond donors (Lipinski definition) is 2. The highest BCUT2D eigenvalue weighted by atomic mass is 16.1. The van der Waals surface area contributed by atoms with Crippen molar-refractivity contribution in [1.29, 1.82) is 0 Å². The van der Waals surface area contributed by atoms with E-state index in [1.54, 1.807) is 6.20 Å². The normalized spacial score (nSPS) is 10.6. The van der Waals surface area contributed by atoms with Gasteiger partial charge in [0.25, 0.3) is 5.91 Å². The molecule has 1 aromatic heterocycles. The van der Waals surface area contributed by atoms with Crippen molar-refractivity contribution in [2.45, 2.75) is 26.7 Å². The molecule has 19 heavy (non-hydrogen) atoms. The molecule has 0 atom stereocenters. The highest BCUT2D eigenvalue weighted by Crippen LogP contribution is 2.26. The number of nitrogens with zero attached hydrogens (tertiary/aromatic N) is 1. The number of nitrogen functional groups attached to an aromatic ring is 1. The Morgan fingerprint density at radius 1 is 1.42 bits per heavy atom. The van der Waals surface area contributed by atoms with E-state index in [-0.39, 0.29) is 5.91 Å². The zero-order chi connectivity index (χ0) is 13.8. The fourth-order valence-electron chi connectivity index (χ4n) is 2.15. The van der Waals surface area contributed by atoms with Gasteiger partial charge in [-0.2, -0.15) is 0 Å². The molecule has 100 valence electrons. The molecule has 0 aliphatic carbocycles. The van der Waals surface area contributed by atoms with Crippen molar-refractivity contribution in [2.75, 3.05) is 12.3 Å². The minimum atomic E-state index is -0.135. The lowest BCUT2D eigenvalue weighted by atomic mass is 10.0. The summed E-state index contributed by atoms with van der Waals surface area (Å²) in [5.41, 5.74) is 8.10. The maximum absolute atomic E-state index is 12.1. The first-order chi connectivity index (χ1) is 9.15. The Bertz CT molecular complexity index is 599. The van der Waals surface area contributed by atoms with Gasteiger partial charge in [0.2, 0.25) is 0 Å². The van der Waals surface area contributed by atoms with Crippen LogP contribution in [0.25, 0.3) is 10.8 Å². The molecule has 0 spiro atoms. The third-order valence-electron chi connectivity index (χ3n) is 3.16. The number of hydrogen-bond acceptors (Lipinski definition) is 3. The van der Waals surface area contributed by atoms with Gasteiger partial charge in [-0.15, -0.1) is 0 Å². The third kappa shape index (κ3) is 2.67. The van der Waals surface area contributed by atoms with Crippen LogP contribution in [-0.4, -0.2) is 17.4 Å². The van der Waals surface area contributed by atoms with E-state index >= 15 is 0 Å². The largest absolute Gasteiger partial charge is 0.398 e. The van der Waals surface area contributed by atoms with Crippen LogP contribution in [0.5, 0.6) is 0 Å². The van der Waals surface area contributed by atoms with Gasteiger partial charge in [-0.1, -0.05) is 25.5 Å². The molecule has 0 saturated heterocycles. The van der Waals surface area contributed by atoms with Gasteiger partial charge in [-0.3, -0.25) is 9.78 Å². The van der Waals surface area contributed by atoms with Crippen molar-refractivity contribution < 1.29 is 4.79 Å². The van der Waals surface area contributed by atoms with Crippen LogP contribution >= 0.6 is 0 Å². The molecule has 0 aliphatic rings. The van der Waals surface area contributed by atoms with Gasteiger partial charge in [0.1, 0.15) is 5.69 Å². The predicted octanol–water partition coefficient (Wildman–Crippen LogP) is 2.66. The van der Waals surface area contributed by atoms with Gasteiger partial charge in [-0.25, -0.2) is 0 Å². The minimum absolute atomic E-state index is 0.135. The zero-order valence-electron chi connectivity index (χ0n) is 11.4. The van der Waals surface area contributed by atoms with E-state index in [4.69, 9.17) is 5.73 Å². The second-order valence-electron chi connectivity index (χ2n) is 4.67. The number of benzene rings is 1. The molecular formula is C15H19N3O. The van der Waals surface area contributed by atoms with Crippen LogP contribution in [0.4, 0.5) is 5.69 Å². The lowest BCUT2D eigenvalue weighted by Gasteiger charge is -2.10. The van der Waals surface area contributed by atoms with Crippen molar-refractivity contribution in [3.05, 3.63) is 35.7 Å². The van der Waals surface area contributed by atoms with Crippen LogP contribution in [0.2, 0.25) is 0 Å². The van der Waals surface area contributed by atoms with Crippen molar-refractivity contribution in [3.63, 3.8) is 0 Å². The minimum Gasteiger partial charge on any atom is -0.398 e. The van der Waals surface area contributed by atoms with Crippen LogP contribution in [-0.2, 0) is 0 Å². The summed E-state index contributed by atoms with van der Waals surface area (Å²) in [6, 6.07) is 5.58. The second kappa shape index (κ2) is 5.69. The van der Waals surface area contributed by atoms with Gasteiger partial charge in [-0.05, 0) is 25.0 Å². The number of carbonyl (C=O) groups excluding carboxylic acids is 1. The molecule has 4 nitrogen and oxygen atoms in total. The Labute approximate surface area is 113 Å². The van der Waals surface area contributed by atoms with Gasteiger partial charge < -0.3 is 11.1 Å². The summed E-state index contributed by atoms with van der Waals surface area (Å²) in [5.74, 6) is -0.135. The Morgan fingerprint density at radius 2 is 2.21 bits per heavy atom. The van der Waals surface area contributed by atoms with E-state index in [1.807, 2.05) is 25.1 Å². The zero-order valence-corrected chi connectivity index (χ0v) is 11.4. The number of aryl methyl sites for hydroxylation is 1. The maximum atomic E-state index is 12.1. The van der Waals surface area contributed by atoms with E-state index < -0.39 is 0 Å². The fourth-order valence-corrected chi connectivity index (χ4v) is 2.15. The monoisotopic (exact) mass is 257 g/mol. The van der Waals surface area contributed by atoms with Crippen molar-refractivity contribution in [2.24, 2.45) is 0 Å². The highest BCUT2D eigenvalue weighted by molar-refractivity contribution is 6.08. The summed E-state index contributed by atoms with van der Waals surface area (Å²) in [6.07, 6.45) is 3.72. The van der Waals surface area contributed by atoms with E-state index in [1.165, 1.54) is 0 Å². The molecule has 2 rings (SSSR count). The predicted molar refractivity (Wildman–Crippen MR) is 78.1 cm³/mol. The highest BCUT2D eigenvalue weighted by Gasteiger charge is 2.13. The first-order valence-corrected chi connectivity index (χ1v) is 6.57. The summed E-state index contributed by atoms with van der Waals surface area (Å²) in [5, 5.41) is 4.62. The number of rotatable bonds is 4. The average molecular weight is 257 g/mol. The van der Waals surface area contributed by atoms with Crippen LogP contribution in [0.3, 0.4) is 0 Å². The number of fused-ring (bicyclic) bond motifs is 1. The molecule has 0 fully saturated rings. The Hall–Kier alpha value is -2.10. The van der Waals surface area contributed by atoms with Crippen LogP contribution in [0.15, 0.2) is 24.4 Å². The molecular weight excluding hydrogens is 238 g/mol. The van der Waals surface area contributed by atoms with Crippen LogP contribution in [0, 0.1) is 6.92 Å². The molecule has 2 aromatic rings. The second-order valence-corrected chi connectivity index (χ2v) is 4.67. The lowest BCUT2D eigenvalue weighted by Crippen LogP contribution is -2.25. The average Bonchev–Trinajstić information content (AvgIpc) is 2.39. The van der Waals surface area contributed by atoms with E-state index in [2.05, 4.69) is 17.2 Å². The van der Waals surface area contributed by atoms with Crippen LogP contribution in [0.1, 0.15) is 35.8 Å². The van der Waals surface area contributed by atoms with Gasteiger partial charge >= 0.3 is 0 Å². The fraction of sp³-hybridized carbons (Fsp3) is 0.333. The molecule has 1 amide bonds. The van der Waals surface area contributed by atoms with Crippen molar-refractivity contribution >= 4 is 22.4 Å². The molecule has 1 aromatic carbocycles. The number of pyridine rings is 1. The summed E-state index contributed by atoms with van der Waals surface area (Å²) in [4.78, 5) is 16.4. The third-order valence-corrected chi connectivity index (χ3v) is 3.16. The number of nitrogens with one attached hydrogen (secondary N) is 1. The smallest absolute Gasteiger partial charge is 0.270 e. The van der Waals surface area contributed by atoms with Crippen molar-refractivity contribution in [1.82, 2.24) is 10.3 Å². The summed E-state index contributed by atoms with van der Waals surface area (Å²) in [6.45, 7) is 4.71. The first kappa shape index (κ1) is 13.3. The molecule has 1 heterocycles. The molecule has 0 aliphatic heterocycles. The molecule has 4 heteroatoms. The Morgan fingerprint density at radius 3 is 2.95 bits per heavy atom. The molecule has 0 saturated carbocycles. The van der Waals surface area contributed by atoms with Gasteiger partial charge in [0.15, 0.2) is 0 Å². The van der Waals surface area contributed by atoms with Crippen molar-refractivity contribution in [3.8, 4) is 0 Å². The number of nitrogens with two attached hydrogens (primary N) is 1. The topological polar surface area (TPSA) is 68.0 Å². The number of carbonyl (C=O) groups is 1. The maximum Gasteiger partial charge on any atom is 0.270 e. The quantitative estimate of drug-likeness (QED) is 0.653. The standard InChI is InChI=1S/C15H19N3O/c1-3-4-8-17-15(19)14-11-6-5-7-12(16)13(11)10(2)9-18-14/h5-7,9H,3-4,8,16H2,1-2H3,(H,17,19). The number of anilines is 1. The van der Waals surface area contributed by atoms with E-state index in [9.17, 15) is 4.79 Å². The summed E-state index contributed by atoms with van der Waals surface area (Å²) in [7, 11) is 0. The molecule has 0 radical (unpaired) electrons. The molecule has 0 unspecified atom stereocenters. The van der Waals surface area contributed by atoms with E-state index in [0.29, 0.717) is 17.9 Å². The SMILES string of the molecule is CCCCNC(=O)c1ncc(C)c2c(N)cccc12. The van der Waals surface area contributed by atoms with Gasteiger partial charge in [0.05, 0.1) is 0 Å². The van der Waals surface area contributed by atoms with Gasteiger partial charge in [0, 0.05) is 29.2 Å². The van der Waals surface area contributed by atoms with E-state index in [0.717, 1.165) is 29.2 Å². The number of unbranched alkanes of at least 4 members (excludes halogenated alkanes) is 1. The Kier molecular flexibility index (Phi) is 4.00.